The lowest BCUT2D eigenvalue weighted by Gasteiger charge is -2.16. The molecule has 1 heterocycles. The SMILES string of the molecule is COc1ccc(C)cc1NC(=O)[C@H](C)OC(=O)c1csc2c1CCCC2. The average Bonchev–Trinajstić information content (AvgIpc) is 3.06. The van der Waals surface area contributed by atoms with E-state index in [9.17, 15) is 9.59 Å². The van der Waals surface area contributed by atoms with Gasteiger partial charge in [-0.15, -0.1) is 11.3 Å². The van der Waals surface area contributed by atoms with Crippen molar-refractivity contribution >= 4 is 28.9 Å². The number of hydrogen-bond donors (Lipinski definition) is 1. The fourth-order valence-electron chi connectivity index (χ4n) is 3.10. The molecule has 138 valence electrons. The van der Waals surface area contributed by atoms with E-state index in [2.05, 4.69) is 5.32 Å². The van der Waals surface area contributed by atoms with Gasteiger partial charge >= 0.3 is 5.97 Å². The molecule has 1 N–H and O–H groups in total. The number of fused-ring (bicyclic) bond motifs is 1. The molecule has 0 saturated carbocycles. The Bertz CT molecular complexity index is 827. The second-order valence-electron chi connectivity index (χ2n) is 6.50. The summed E-state index contributed by atoms with van der Waals surface area (Å²) in [6, 6.07) is 5.51. The first-order valence-electron chi connectivity index (χ1n) is 8.75. The van der Waals surface area contributed by atoms with Gasteiger partial charge in [-0.2, -0.15) is 0 Å². The molecule has 0 radical (unpaired) electrons. The lowest BCUT2D eigenvalue weighted by molar-refractivity contribution is -0.123. The van der Waals surface area contributed by atoms with Crippen molar-refractivity contribution in [1.29, 1.82) is 0 Å². The molecular formula is C20H23NO4S. The van der Waals surface area contributed by atoms with E-state index in [1.54, 1.807) is 31.4 Å². The number of anilines is 1. The molecule has 0 unspecified atom stereocenters. The highest BCUT2D eigenvalue weighted by Crippen LogP contribution is 2.31. The van der Waals surface area contributed by atoms with Crippen molar-refractivity contribution in [2.75, 3.05) is 12.4 Å². The number of rotatable bonds is 5. The number of esters is 1. The van der Waals surface area contributed by atoms with Gasteiger partial charge in [-0.25, -0.2) is 4.79 Å². The first-order valence-corrected chi connectivity index (χ1v) is 9.63. The molecule has 3 rings (SSSR count). The number of nitrogens with one attached hydrogen (secondary N) is 1. The summed E-state index contributed by atoms with van der Waals surface area (Å²) in [5.41, 5.74) is 3.26. The van der Waals surface area contributed by atoms with Crippen molar-refractivity contribution in [3.63, 3.8) is 0 Å². The van der Waals surface area contributed by atoms with Crippen LogP contribution >= 0.6 is 11.3 Å². The van der Waals surface area contributed by atoms with Crippen molar-refractivity contribution in [2.24, 2.45) is 0 Å². The summed E-state index contributed by atoms with van der Waals surface area (Å²) >= 11 is 1.61. The Labute approximate surface area is 157 Å². The van der Waals surface area contributed by atoms with Crippen LogP contribution in [0.3, 0.4) is 0 Å². The smallest absolute Gasteiger partial charge is 0.340 e. The van der Waals surface area contributed by atoms with E-state index >= 15 is 0 Å². The second-order valence-corrected chi connectivity index (χ2v) is 7.46. The molecule has 1 aromatic heterocycles. The molecule has 0 spiro atoms. The molecule has 1 aliphatic carbocycles. The Kier molecular flexibility index (Phi) is 5.61. The zero-order chi connectivity index (χ0) is 18.7. The number of methoxy groups -OCH3 is 1. The third kappa shape index (κ3) is 3.90. The predicted octanol–water partition coefficient (Wildman–Crippen LogP) is 4.13. The van der Waals surface area contributed by atoms with Crippen LogP contribution in [0.4, 0.5) is 5.69 Å². The lowest BCUT2D eigenvalue weighted by atomic mass is 9.96. The topological polar surface area (TPSA) is 64.6 Å². The van der Waals surface area contributed by atoms with E-state index in [1.807, 2.05) is 24.4 Å². The quantitative estimate of drug-likeness (QED) is 0.801. The van der Waals surface area contributed by atoms with Crippen molar-refractivity contribution in [1.82, 2.24) is 0 Å². The first kappa shape index (κ1) is 18.5. The Morgan fingerprint density at radius 1 is 1.23 bits per heavy atom. The minimum atomic E-state index is -0.896. The highest BCUT2D eigenvalue weighted by Gasteiger charge is 2.25. The van der Waals surface area contributed by atoms with Crippen LogP contribution in [0, 0.1) is 6.92 Å². The fourth-order valence-corrected chi connectivity index (χ4v) is 4.21. The van der Waals surface area contributed by atoms with E-state index in [1.165, 1.54) is 11.3 Å². The Morgan fingerprint density at radius 3 is 2.77 bits per heavy atom. The van der Waals surface area contributed by atoms with E-state index in [-0.39, 0.29) is 5.91 Å². The standard InChI is InChI=1S/C20H23NO4S/c1-12-8-9-17(24-3)16(10-12)21-19(22)13(2)25-20(23)15-11-26-18-7-5-4-6-14(15)18/h8-11,13H,4-7H2,1-3H3,(H,21,22)/t13-/m0/s1. The number of ether oxygens (including phenoxy) is 2. The van der Waals surface area contributed by atoms with Gasteiger partial charge in [-0.3, -0.25) is 4.79 Å². The maximum Gasteiger partial charge on any atom is 0.340 e. The summed E-state index contributed by atoms with van der Waals surface area (Å²) < 4.78 is 10.7. The van der Waals surface area contributed by atoms with Crippen LogP contribution in [0.15, 0.2) is 23.6 Å². The number of carbonyl (C=O) groups excluding carboxylic acids is 2. The molecule has 0 saturated heterocycles. The second kappa shape index (κ2) is 7.91. The first-order chi connectivity index (χ1) is 12.5. The van der Waals surface area contributed by atoms with Gasteiger partial charge in [0, 0.05) is 10.3 Å². The number of amides is 1. The molecule has 1 aliphatic rings. The third-order valence-corrected chi connectivity index (χ3v) is 5.64. The van der Waals surface area contributed by atoms with Gasteiger partial charge in [0.15, 0.2) is 6.10 Å². The zero-order valence-corrected chi connectivity index (χ0v) is 16.1. The summed E-state index contributed by atoms with van der Waals surface area (Å²) in [5, 5.41) is 4.63. The zero-order valence-electron chi connectivity index (χ0n) is 15.3. The number of carbonyl (C=O) groups is 2. The maximum atomic E-state index is 12.5. The van der Waals surface area contributed by atoms with Gasteiger partial charge in [-0.05, 0) is 62.8 Å². The molecular weight excluding hydrogens is 350 g/mol. The Balaban J connectivity index is 1.67. The van der Waals surface area contributed by atoms with E-state index in [0.29, 0.717) is 17.0 Å². The van der Waals surface area contributed by atoms with Gasteiger partial charge in [0.05, 0.1) is 18.4 Å². The normalized spacial score (nSPS) is 14.3. The van der Waals surface area contributed by atoms with Crippen LogP contribution in [-0.2, 0) is 22.4 Å². The molecule has 0 bridgehead atoms. The van der Waals surface area contributed by atoms with Crippen molar-refractivity contribution in [2.45, 2.75) is 45.6 Å². The largest absolute Gasteiger partial charge is 0.495 e. The van der Waals surface area contributed by atoms with Crippen molar-refractivity contribution in [3.8, 4) is 5.75 Å². The summed E-state index contributed by atoms with van der Waals surface area (Å²) in [7, 11) is 1.55. The van der Waals surface area contributed by atoms with Crippen LogP contribution < -0.4 is 10.1 Å². The van der Waals surface area contributed by atoms with Crippen molar-refractivity contribution < 1.29 is 19.1 Å². The fraction of sp³-hybridized carbons (Fsp3) is 0.400. The van der Waals surface area contributed by atoms with Crippen LogP contribution in [0.1, 0.15) is 46.1 Å². The van der Waals surface area contributed by atoms with E-state index in [4.69, 9.17) is 9.47 Å². The minimum Gasteiger partial charge on any atom is -0.495 e. The summed E-state index contributed by atoms with van der Waals surface area (Å²) in [6.07, 6.45) is 3.29. The molecule has 0 aliphatic heterocycles. The Hall–Kier alpha value is -2.34. The molecule has 1 amide bonds. The third-order valence-electron chi connectivity index (χ3n) is 4.55. The number of hydrogen-bond acceptors (Lipinski definition) is 5. The lowest BCUT2D eigenvalue weighted by Crippen LogP contribution is -2.30. The number of thiophene rings is 1. The molecule has 26 heavy (non-hydrogen) atoms. The highest BCUT2D eigenvalue weighted by molar-refractivity contribution is 7.10. The molecule has 1 atom stereocenters. The predicted molar refractivity (Wildman–Crippen MR) is 102 cm³/mol. The van der Waals surface area contributed by atoms with E-state index < -0.39 is 12.1 Å². The molecule has 5 nitrogen and oxygen atoms in total. The van der Waals surface area contributed by atoms with E-state index in [0.717, 1.165) is 30.4 Å². The van der Waals surface area contributed by atoms with Gasteiger partial charge in [0.1, 0.15) is 5.75 Å². The molecule has 6 heteroatoms. The molecule has 1 aromatic carbocycles. The van der Waals surface area contributed by atoms with Gasteiger partial charge in [-0.1, -0.05) is 6.07 Å². The average molecular weight is 373 g/mol. The molecule has 2 aromatic rings. The van der Waals surface area contributed by atoms with Gasteiger partial charge < -0.3 is 14.8 Å². The van der Waals surface area contributed by atoms with Gasteiger partial charge in [0.2, 0.25) is 0 Å². The summed E-state index contributed by atoms with van der Waals surface area (Å²) in [5.74, 6) is -0.246. The summed E-state index contributed by atoms with van der Waals surface area (Å²) in [6.45, 7) is 3.51. The highest BCUT2D eigenvalue weighted by atomic mass is 32.1. The van der Waals surface area contributed by atoms with Crippen LogP contribution in [0.2, 0.25) is 0 Å². The Morgan fingerprint density at radius 2 is 2.00 bits per heavy atom. The summed E-state index contributed by atoms with van der Waals surface area (Å²) in [4.78, 5) is 26.2. The van der Waals surface area contributed by atoms with Crippen LogP contribution in [-0.4, -0.2) is 25.1 Å². The number of benzene rings is 1. The van der Waals surface area contributed by atoms with Crippen LogP contribution in [0.25, 0.3) is 0 Å². The minimum absolute atomic E-state index is 0.383. The van der Waals surface area contributed by atoms with Crippen molar-refractivity contribution in [3.05, 3.63) is 45.1 Å². The number of aryl methyl sites for hydroxylation is 2. The van der Waals surface area contributed by atoms with Gasteiger partial charge in [0.25, 0.3) is 5.91 Å². The van der Waals surface area contributed by atoms with Crippen LogP contribution in [0.5, 0.6) is 5.75 Å². The maximum absolute atomic E-state index is 12.5. The molecule has 0 fully saturated rings. The monoisotopic (exact) mass is 373 g/mol.